The molecule has 5 nitrogen and oxygen atoms in total. The fourth-order valence-electron chi connectivity index (χ4n) is 3.26. The lowest BCUT2D eigenvalue weighted by Gasteiger charge is -2.19. The van der Waals surface area contributed by atoms with E-state index in [1.54, 1.807) is 24.5 Å². The number of nitrogens with zero attached hydrogens (tertiary/aromatic N) is 2. The number of hydrogen-bond donors (Lipinski definition) is 1. The minimum absolute atomic E-state index is 0.0422. The zero-order valence-corrected chi connectivity index (χ0v) is 14.8. The third-order valence-corrected chi connectivity index (χ3v) is 4.97. The second-order valence-corrected chi connectivity index (χ2v) is 6.85. The topological polar surface area (TPSA) is 64.1 Å². The van der Waals surface area contributed by atoms with Crippen LogP contribution in [-0.4, -0.2) is 35.1 Å². The maximum atomic E-state index is 12.7. The molecule has 3 aromatic rings. The van der Waals surface area contributed by atoms with Crippen LogP contribution in [0.4, 0.5) is 0 Å². The number of carbonyl (C=O) groups is 1. The average molecular weight is 368 g/mol. The van der Waals surface area contributed by atoms with Crippen molar-refractivity contribution in [2.24, 2.45) is 5.92 Å². The Kier molecular flexibility index (Phi) is 4.82. The number of carbonyl (C=O) groups excluding carboxylic acids is 1. The Hall–Kier alpha value is -2.50. The van der Waals surface area contributed by atoms with Crippen molar-refractivity contribution in [3.05, 3.63) is 71.1 Å². The largest absolute Gasteiger partial charge is 0.379 e. The molecular formula is C20H18ClN3O2. The van der Waals surface area contributed by atoms with Crippen LogP contribution in [0.25, 0.3) is 10.9 Å². The number of para-hydroxylation sites is 1. The van der Waals surface area contributed by atoms with Crippen LogP contribution in [0, 0.1) is 5.92 Å². The van der Waals surface area contributed by atoms with Gasteiger partial charge < -0.3 is 10.1 Å². The molecule has 2 atom stereocenters. The molecule has 3 heterocycles. The van der Waals surface area contributed by atoms with Crippen LogP contribution in [0.15, 0.2) is 54.9 Å². The number of rotatable bonds is 4. The Morgan fingerprint density at radius 2 is 2.00 bits per heavy atom. The Labute approximate surface area is 156 Å². The highest BCUT2D eigenvalue weighted by Crippen LogP contribution is 2.22. The third kappa shape index (κ3) is 3.54. The van der Waals surface area contributed by atoms with Gasteiger partial charge in [0.15, 0.2) is 0 Å². The summed E-state index contributed by atoms with van der Waals surface area (Å²) in [6, 6.07) is 13.1. The lowest BCUT2D eigenvalue weighted by atomic mass is 9.95. The van der Waals surface area contributed by atoms with Gasteiger partial charge in [0, 0.05) is 23.7 Å². The molecule has 0 aliphatic carbocycles. The molecule has 1 N–H and O–H groups in total. The summed E-state index contributed by atoms with van der Waals surface area (Å²) in [6.07, 6.45) is 4.40. The number of pyridine rings is 2. The first-order chi connectivity index (χ1) is 12.7. The smallest absolute Gasteiger partial charge is 0.270 e. The minimum Gasteiger partial charge on any atom is -0.379 e. The quantitative estimate of drug-likeness (QED) is 0.768. The number of benzene rings is 1. The van der Waals surface area contributed by atoms with Gasteiger partial charge in [-0.15, -0.1) is 0 Å². The van der Waals surface area contributed by atoms with Crippen molar-refractivity contribution < 1.29 is 9.53 Å². The summed E-state index contributed by atoms with van der Waals surface area (Å²) < 4.78 is 5.60. The molecule has 1 aromatic carbocycles. The van der Waals surface area contributed by atoms with Gasteiger partial charge in [0.05, 0.1) is 29.8 Å². The van der Waals surface area contributed by atoms with Gasteiger partial charge in [0.2, 0.25) is 0 Å². The number of fused-ring (bicyclic) bond motifs is 1. The first-order valence-electron chi connectivity index (χ1n) is 8.53. The second-order valence-electron chi connectivity index (χ2n) is 6.45. The molecule has 1 aliphatic rings. The third-order valence-electron chi connectivity index (χ3n) is 4.67. The standard InChI is InChI=1S/C20H18ClN3O2/c21-16-3-1-2-14-4-5-17(23-19(14)16)20(25)24-18-12-26-11-15(18)10-13-6-8-22-9-7-13/h1-9,15,18H,10-12H2,(H,24,25)/t15-,18+/m1/s1. The van der Waals surface area contributed by atoms with Crippen molar-refractivity contribution in [3.63, 3.8) is 0 Å². The van der Waals surface area contributed by atoms with E-state index in [2.05, 4.69) is 15.3 Å². The summed E-state index contributed by atoms with van der Waals surface area (Å²) in [5.74, 6) is 0.0208. The van der Waals surface area contributed by atoms with Gasteiger partial charge in [-0.05, 0) is 36.2 Å². The molecule has 4 rings (SSSR count). The molecule has 1 fully saturated rings. The van der Waals surface area contributed by atoms with Crippen molar-refractivity contribution in [2.45, 2.75) is 12.5 Å². The number of halogens is 1. The van der Waals surface area contributed by atoms with Gasteiger partial charge in [-0.25, -0.2) is 4.98 Å². The van der Waals surface area contributed by atoms with Crippen molar-refractivity contribution in [3.8, 4) is 0 Å². The lowest BCUT2D eigenvalue weighted by molar-refractivity contribution is 0.0920. The van der Waals surface area contributed by atoms with Crippen molar-refractivity contribution in [2.75, 3.05) is 13.2 Å². The maximum Gasteiger partial charge on any atom is 0.270 e. The summed E-state index contributed by atoms with van der Waals surface area (Å²) in [6.45, 7) is 1.14. The van der Waals surface area contributed by atoms with Gasteiger partial charge in [0.25, 0.3) is 5.91 Å². The zero-order valence-electron chi connectivity index (χ0n) is 14.1. The number of nitrogens with one attached hydrogen (secondary N) is 1. The van der Waals surface area contributed by atoms with E-state index in [0.29, 0.717) is 29.4 Å². The maximum absolute atomic E-state index is 12.7. The molecule has 1 saturated heterocycles. The van der Waals surface area contributed by atoms with Crippen LogP contribution < -0.4 is 5.32 Å². The lowest BCUT2D eigenvalue weighted by Crippen LogP contribution is -2.40. The summed E-state index contributed by atoms with van der Waals surface area (Å²) in [4.78, 5) is 21.1. The van der Waals surface area contributed by atoms with Crippen molar-refractivity contribution >= 4 is 28.4 Å². The molecule has 0 unspecified atom stereocenters. The number of amides is 1. The van der Waals surface area contributed by atoms with E-state index in [1.807, 2.05) is 30.3 Å². The predicted molar refractivity (Wildman–Crippen MR) is 100 cm³/mol. The van der Waals surface area contributed by atoms with Gasteiger partial charge in [-0.1, -0.05) is 29.8 Å². The van der Waals surface area contributed by atoms with E-state index in [-0.39, 0.29) is 17.9 Å². The highest BCUT2D eigenvalue weighted by Gasteiger charge is 2.30. The van der Waals surface area contributed by atoms with Gasteiger partial charge >= 0.3 is 0 Å². The molecule has 0 saturated carbocycles. The van der Waals surface area contributed by atoms with Crippen LogP contribution in [0.1, 0.15) is 16.1 Å². The Morgan fingerprint density at radius 3 is 2.85 bits per heavy atom. The van der Waals surface area contributed by atoms with E-state index in [9.17, 15) is 4.79 Å². The number of ether oxygens (including phenoxy) is 1. The van der Waals surface area contributed by atoms with Gasteiger partial charge in [-0.3, -0.25) is 9.78 Å². The van der Waals surface area contributed by atoms with Crippen LogP contribution >= 0.6 is 11.6 Å². The Balaban J connectivity index is 1.49. The molecule has 1 amide bonds. The SMILES string of the molecule is O=C(N[C@H]1COC[C@H]1Cc1ccncc1)c1ccc2cccc(Cl)c2n1. The average Bonchev–Trinajstić information content (AvgIpc) is 3.09. The van der Waals surface area contributed by atoms with Gasteiger partial charge in [-0.2, -0.15) is 0 Å². The normalized spacial score (nSPS) is 19.6. The molecular weight excluding hydrogens is 350 g/mol. The molecule has 0 radical (unpaired) electrons. The Morgan fingerprint density at radius 1 is 1.15 bits per heavy atom. The monoisotopic (exact) mass is 367 g/mol. The van der Waals surface area contributed by atoms with Crippen LogP contribution in [0.3, 0.4) is 0 Å². The summed E-state index contributed by atoms with van der Waals surface area (Å²) in [7, 11) is 0. The summed E-state index contributed by atoms with van der Waals surface area (Å²) in [5, 5.41) is 4.51. The first kappa shape index (κ1) is 16.9. The summed E-state index contributed by atoms with van der Waals surface area (Å²) in [5.41, 5.74) is 2.18. The van der Waals surface area contributed by atoms with Crippen LogP contribution in [0.5, 0.6) is 0 Å². The van der Waals surface area contributed by atoms with Gasteiger partial charge in [0.1, 0.15) is 5.69 Å². The molecule has 0 spiro atoms. The molecule has 2 aromatic heterocycles. The molecule has 132 valence electrons. The fourth-order valence-corrected chi connectivity index (χ4v) is 3.48. The highest BCUT2D eigenvalue weighted by molar-refractivity contribution is 6.35. The molecule has 6 heteroatoms. The molecule has 1 aliphatic heterocycles. The van der Waals surface area contributed by atoms with E-state index in [1.165, 1.54) is 5.56 Å². The number of aromatic nitrogens is 2. The van der Waals surface area contributed by atoms with E-state index in [0.717, 1.165) is 11.8 Å². The Bertz CT molecular complexity index is 933. The minimum atomic E-state index is -0.206. The van der Waals surface area contributed by atoms with E-state index >= 15 is 0 Å². The van der Waals surface area contributed by atoms with Crippen LogP contribution in [0.2, 0.25) is 5.02 Å². The van der Waals surface area contributed by atoms with E-state index in [4.69, 9.17) is 16.3 Å². The fraction of sp³-hybridized carbons (Fsp3) is 0.250. The zero-order chi connectivity index (χ0) is 17.9. The van der Waals surface area contributed by atoms with Crippen LogP contribution in [-0.2, 0) is 11.2 Å². The molecule has 26 heavy (non-hydrogen) atoms. The van der Waals surface area contributed by atoms with Crippen molar-refractivity contribution in [1.29, 1.82) is 0 Å². The van der Waals surface area contributed by atoms with Crippen molar-refractivity contribution in [1.82, 2.24) is 15.3 Å². The molecule has 0 bridgehead atoms. The predicted octanol–water partition coefficient (Wildman–Crippen LogP) is 3.27. The first-order valence-corrected chi connectivity index (χ1v) is 8.91. The second kappa shape index (κ2) is 7.40. The number of hydrogen-bond acceptors (Lipinski definition) is 4. The summed E-state index contributed by atoms with van der Waals surface area (Å²) >= 11 is 6.20. The highest BCUT2D eigenvalue weighted by atomic mass is 35.5. The van der Waals surface area contributed by atoms with E-state index < -0.39 is 0 Å².